The van der Waals surface area contributed by atoms with Gasteiger partial charge in [0.25, 0.3) is 0 Å². The van der Waals surface area contributed by atoms with Crippen LogP contribution in [0, 0.1) is 62.1 Å². The van der Waals surface area contributed by atoms with Gasteiger partial charge in [-0.1, -0.05) is 46.8 Å². The molecule has 0 spiro atoms. The molecule has 6 aliphatic rings. The molecule has 6 rings (SSSR count). The van der Waals surface area contributed by atoms with Crippen LogP contribution in [0.3, 0.4) is 0 Å². The second kappa shape index (κ2) is 12.4. The molecule has 0 aromatic carbocycles. The van der Waals surface area contributed by atoms with E-state index in [4.69, 9.17) is 4.74 Å². The summed E-state index contributed by atoms with van der Waals surface area (Å²) >= 11 is 0. The van der Waals surface area contributed by atoms with Gasteiger partial charge in [0.05, 0.1) is 24.5 Å². The van der Waals surface area contributed by atoms with E-state index in [1.165, 1.54) is 31.3 Å². The van der Waals surface area contributed by atoms with Crippen LogP contribution in [-0.4, -0.2) is 58.3 Å². The molecule has 0 radical (unpaired) electrons. The molecule has 1 saturated heterocycles. The summed E-state index contributed by atoms with van der Waals surface area (Å²) in [6.45, 7) is 23.2. The first kappa shape index (κ1) is 36.9. The van der Waals surface area contributed by atoms with Gasteiger partial charge in [-0.15, -0.1) is 0 Å². The number of ether oxygens (including phenoxy) is 1. The maximum atomic E-state index is 14.0. The number of carboxylic acid groups (broad SMARTS) is 1. The maximum Gasteiger partial charge on any atom is 0.309 e. The van der Waals surface area contributed by atoms with Crippen LogP contribution in [0.25, 0.3) is 0 Å². The zero-order chi connectivity index (χ0) is 35.9. The predicted molar refractivity (Wildman–Crippen MR) is 191 cm³/mol. The molecule has 0 aromatic heterocycles. The smallest absolute Gasteiger partial charge is 0.309 e. The molecular formula is C42H67NO6. The van der Waals surface area contributed by atoms with Crippen LogP contribution in [0.5, 0.6) is 0 Å². The topological polar surface area (TPSA) is 104 Å². The number of aliphatic hydroxyl groups excluding tert-OH is 1. The third-order valence-electron chi connectivity index (χ3n) is 17.0. The molecule has 7 heteroatoms. The minimum absolute atomic E-state index is 0.0146. The minimum Gasteiger partial charge on any atom is -0.481 e. The molecule has 5 saturated carbocycles. The number of aliphatic hydroxyl groups is 1. The highest BCUT2D eigenvalue weighted by Crippen LogP contribution is 2.78. The highest BCUT2D eigenvalue weighted by atomic mass is 16.5. The van der Waals surface area contributed by atoms with Crippen molar-refractivity contribution in [3.63, 3.8) is 0 Å². The van der Waals surface area contributed by atoms with Gasteiger partial charge in [-0.25, -0.2) is 0 Å². The van der Waals surface area contributed by atoms with Crippen LogP contribution in [0.2, 0.25) is 0 Å². The molecule has 1 aliphatic heterocycles. The number of carbonyl (C=O) groups is 3. The molecule has 11 atom stereocenters. The zero-order valence-electron chi connectivity index (χ0n) is 32.0. The Labute approximate surface area is 296 Å². The molecule has 1 amide bonds. The van der Waals surface area contributed by atoms with Crippen molar-refractivity contribution in [3.05, 3.63) is 12.2 Å². The number of esters is 1. The van der Waals surface area contributed by atoms with E-state index in [0.717, 1.165) is 57.9 Å². The van der Waals surface area contributed by atoms with E-state index in [1.54, 1.807) is 13.8 Å². The number of hydrogen-bond donors (Lipinski definition) is 2. The van der Waals surface area contributed by atoms with Gasteiger partial charge in [0.1, 0.15) is 6.10 Å². The average molecular weight is 682 g/mol. The first-order valence-corrected chi connectivity index (χ1v) is 19.8. The number of hydrogen-bond acceptors (Lipinski definition) is 5. The van der Waals surface area contributed by atoms with E-state index < -0.39 is 17.4 Å². The third-order valence-corrected chi connectivity index (χ3v) is 17.0. The van der Waals surface area contributed by atoms with Crippen LogP contribution in [0.1, 0.15) is 145 Å². The van der Waals surface area contributed by atoms with Gasteiger partial charge in [0, 0.05) is 18.4 Å². The highest BCUT2D eigenvalue weighted by Gasteiger charge is 2.71. The van der Waals surface area contributed by atoms with Gasteiger partial charge in [0.15, 0.2) is 0 Å². The second-order valence-corrected chi connectivity index (χ2v) is 20.0. The molecule has 1 unspecified atom stereocenters. The van der Waals surface area contributed by atoms with Crippen molar-refractivity contribution in [2.45, 2.75) is 157 Å². The molecule has 276 valence electrons. The van der Waals surface area contributed by atoms with Gasteiger partial charge in [-0.05, 0) is 149 Å². The highest BCUT2D eigenvalue weighted by molar-refractivity contribution is 5.81. The van der Waals surface area contributed by atoms with Crippen molar-refractivity contribution in [2.24, 2.45) is 62.1 Å². The van der Waals surface area contributed by atoms with E-state index in [-0.39, 0.29) is 58.2 Å². The summed E-state index contributed by atoms with van der Waals surface area (Å²) in [7, 11) is 0. The van der Waals surface area contributed by atoms with E-state index in [9.17, 15) is 24.6 Å². The number of rotatable bonds is 8. The van der Waals surface area contributed by atoms with E-state index in [1.807, 2.05) is 4.90 Å². The first-order valence-electron chi connectivity index (χ1n) is 19.8. The quantitative estimate of drug-likeness (QED) is 0.197. The van der Waals surface area contributed by atoms with Crippen LogP contribution in [0.15, 0.2) is 12.2 Å². The van der Waals surface area contributed by atoms with Crippen LogP contribution in [-0.2, 0) is 19.1 Å². The Morgan fingerprint density at radius 3 is 2.24 bits per heavy atom. The lowest BCUT2D eigenvalue weighted by Crippen LogP contribution is -2.67. The van der Waals surface area contributed by atoms with Crippen molar-refractivity contribution in [2.75, 3.05) is 13.2 Å². The molecule has 0 aromatic rings. The molecular weight excluding hydrogens is 614 g/mol. The Bertz CT molecular complexity index is 1350. The van der Waals surface area contributed by atoms with Crippen molar-refractivity contribution in [1.82, 2.24) is 4.90 Å². The van der Waals surface area contributed by atoms with Crippen molar-refractivity contribution in [1.29, 1.82) is 0 Å². The van der Waals surface area contributed by atoms with E-state index in [2.05, 4.69) is 48.1 Å². The molecule has 0 bridgehead atoms. The average Bonchev–Trinajstić information content (AvgIpc) is 3.64. The number of carbonyl (C=O) groups excluding carboxylic acids is 2. The number of amides is 1. The molecule has 7 nitrogen and oxygen atoms in total. The first-order chi connectivity index (χ1) is 22.8. The number of carboxylic acids is 1. The van der Waals surface area contributed by atoms with Gasteiger partial charge >= 0.3 is 11.9 Å². The Morgan fingerprint density at radius 1 is 0.878 bits per heavy atom. The van der Waals surface area contributed by atoms with Crippen molar-refractivity contribution in [3.8, 4) is 0 Å². The second-order valence-electron chi connectivity index (χ2n) is 20.0. The van der Waals surface area contributed by atoms with Gasteiger partial charge in [-0.2, -0.15) is 0 Å². The standard InChI is InChI=1S/C42H67NO6/c1-26(2)28-14-19-42(23-33(45)43-22-10-11-27(43)25-44)21-20-40(8)29(35(28)42)12-13-31-39(7)17-16-32(49-34(46)24-37(3,4)36(47)48)38(5,6)30(39)15-18-41(31,40)9/h27-32,35,44H,1,10-25H2,2-9H3,(H,47,48)/t27-,28?,29+,30-,31+,32-,35+,39-,40+,41+,42+/m0/s1. The fraction of sp³-hybridized carbons (Fsp3) is 0.881. The predicted octanol–water partition coefficient (Wildman–Crippen LogP) is 8.43. The van der Waals surface area contributed by atoms with Crippen LogP contribution in [0.4, 0.5) is 0 Å². The summed E-state index contributed by atoms with van der Waals surface area (Å²) in [5.74, 6) is 1.41. The van der Waals surface area contributed by atoms with Crippen molar-refractivity contribution >= 4 is 17.8 Å². The zero-order valence-corrected chi connectivity index (χ0v) is 32.0. The van der Waals surface area contributed by atoms with Gasteiger partial charge in [0.2, 0.25) is 5.91 Å². The monoisotopic (exact) mass is 681 g/mol. The molecule has 49 heavy (non-hydrogen) atoms. The van der Waals surface area contributed by atoms with Crippen molar-refractivity contribution < 1.29 is 29.3 Å². The number of fused-ring (bicyclic) bond motifs is 7. The third kappa shape index (κ3) is 5.55. The molecule has 1 heterocycles. The Morgan fingerprint density at radius 2 is 1.59 bits per heavy atom. The van der Waals surface area contributed by atoms with Gasteiger partial charge < -0.3 is 19.8 Å². The number of aliphatic carboxylic acids is 1. The van der Waals surface area contributed by atoms with E-state index >= 15 is 0 Å². The fourth-order valence-corrected chi connectivity index (χ4v) is 14.2. The number of allylic oxidation sites excluding steroid dienone is 1. The van der Waals surface area contributed by atoms with Gasteiger partial charge in [-0.3, -0.25) is 14.4 Å². The lowest BCUT2D eigenvalue weighted by Gasteiger charge is -2.73. The minimum atomic E-state index is -1.14. The summed E-state index contributed by atoms with van der Waals surface area (Å²) < 4.78 is 6.17. The lowest BCUT2D eigenvalue weighted by molar-refractivity contribution is -0.250. The summed E-state index contributed by atoms with van der Waals surface area (Å²) in [5.41, 5.74) is 0.470. The molecule has 2 N–H and O–H groups in total. The Hall–Kier alpha value is -1.89. The lowest BCUT2D eigenvalue weighted by atomic mass is 9.32. The fourth-order valence-electron chi connectivity index (χ4n) is 14.2. The number of likely N-dealkylation sites (tertiary alicyclic amines) is 1. The normalized spacial score (nSPS) is 44.3. The molecule has 5 aliphatic carbocycles. The largest absolute Gasteiger partial charge is 0.481 e. The van der Waals surface area contributed by atoms with E-state index in [0.29, 0.717) is 36.0 Å². The number of nitrogens with zero attached hydrogens (tertiary/aromatic N) is 1. The van der Waals surface area contributed by atoms with Crippen LogP contribution >= 0.6 is 0 Å². The summed E-state index contributed by atoms with van der Waals surface area (Å²) in [6.07, 6.45) is 13.3. The summed E-state index contributed by atoms with van der Waals surface area (Å²) in [5, 5.41) is 19.6. The summed E-state index contributed by atoms with van der Waals surface area (Å²) in [4.78, 5) is 40.8. The Kier molecular flexibility index (Phi) is 9.31. The summed E-state index contributed by atoms with van der Waals surface area (Å²) in [6, 6.07) is -0.0146. The molecule has 6 fully saturated rings. The van der Waals surface area contributed by atoms with Crippen LogP contribution < -0.4 is 0 Å². The SMILES string of the molecule is C=C(C)C1CC[C@]2(CC(=O)N3CCC[C@H]3CO)CC[C@]3(C)[C@H](CC[C@@H]4[C@@]5(C)CC[C@H](OC(=O)CC(C)(C)C(=O)O)C(C)(C)[C@@H]5CC[C@]43C)[C@@H]12. The maximum absolute atomic E-state index is 14.0. The Balaban J connectivity index is 1.25.